The fourth-order valence-corrected chi connectivity index (χ4v) is 2.10. The van der Waals surface area contributed by atoms with E-state index in [1.807, 2.05) is 11.8 Å². The third-order valence-corrected chi connectivity index (χ3v) is 3.04. The van der Waals surface area contributed by atoms with Crippen molar-refractivity contribution < 1.29 is 9.53 Å². The largest absolute Gasteiger partial charge is 0.465 e. The first-order valence-corrected chi connectivity index (χ1v) is 5.71. The number of carbonyl (C=O) groups excluding carboxylic acids is 1. The number of thioether (sulfide) groups is 1. The molecule has 0 radical (unpaired) electrons. The minimum Gasteiger partial charge on any atom is -0.465 e. The van der Waals surface area contributed by atoms with Crippen molar-refractivity contribution in [3.63, 3.8) is 0 Å². The van der Waals surface area contributed by atoms with Gasteiger partial charge in [-0.05, 0) is 30.3 Å². The maximum atomic E-state index is 10.7. The summed E-state index contributed by atoms with van der Waals surface area (Å²) < 4.78 is 4.97. The van der Waals surface area contributed by atoms with E-state index in [9.17, 15) is 4.79 Å². The molecule has 1 saturated heterocycles. The van der Waals surface area contributed by atoms with Crippen molar-refractivity contribution in [2.75, 3.05) is 18.1 Å². The second-order valence-corrected chi connectivity index (χ2v) is 4.47. The van der Waals surface area contributed by atoms with E-state index in [-0.39, 0.29) is 5.97 Å². The van der Waals surface area contributed by atoms with E-state index in [2.05, 4.69) is 6.92 Å². The number of ether oxygens (including phenoxy) is 1. The minimum absolute atomic E-state index is 0.0191. The van der Waals surface area contributed by atoms with Crippen molar-refractivity contribution >= 4 is 17.7 Å². The Kier molecular flexibility index (Phi) is 4.51. The maximum absolute atomic E-state index is 10.7. The minimum atomic E-state index is -0.0191. The molecule has 0 spiro atoms. The molecule has 1 aliphatic heterocycles. The molecule has 1 heterocycles. The van der Waals surface area contributed by atoms with Gasteiger partial charge >= 0.3 is 5.97 Å². The second-order valence-electron chi connectivity index (χ2n) is 3.07. The van der Waals surface area contributed by atoms with Gasteiger partial charge in [-0.25, -0.2) is 0 Å². The van der Waals surface area contributed by atoms with Crippen LogP contribution in [0.2, 0.25) is 0 Å². The van der Waals surface area contributed by atoms with Gasteiger partial charge in [0.25, 0.3) is 0 Å². The molecule has 2 nitrogen and oxygen atoms in total. The monoisotopic (exact) mass is 188 g/mol. The van der Waals surface area contributed by atoms with Gasteiger partial charge in [0.05, 0.1) is 6.61 Å². The first-order valence-electron chi connectivity index (χ1n) is 4.56. The predicted molar refractivity (Wildman–Crippen MR) is 51.3 cm³/mol. The summed E-state index contributed by atoms with van der Waals surface area (Å²) in [4.78, 5) is 10.7. The fourth-order valence-electron chi connectivity index (χ4n) is 1.31. The van der Waals surface area contributed by atoms with Crippen LogP contribution in [0.5, 0.6) is 0 Å². The van der Waals surface area contributed by atoms with E-state index in [0.717, 1.165) is 6.42 Å². The SMILES string of the molecule is CCSCCC1CCC(=O)OC1. The van der Waals surface area contributed by atoms with Crippen LogP contribution in [0.15, 0.2) is 0 Å². The Labute approximate surface area is 78.1 Å². The lowest BCUT2D eigenvalue weighted by atomic mass is 9.99. The highest BCUT2D eigenvalue weighted by Crippen LogP contribution is 2.19. The zero-order valence-electron chi connectivity index (χ0n) is 7.54. The molecule has 0 N–H and O–H groups in total. The molecule has 1 unspecified atom stereocenters. The zero-order valence-corrected chi connectivity index (χ0v) is 8.36. The first-order chi connectivity index (χ1) is 5.83. The molecule has 1 aliphatic rings. The highest BCUT2D eigenvalue weighted by Gasteiger charge is 2.18. The fraction of sp³-hybridized carbons (Fsp3) is 0.889. The lowest BCUT2D eigenvalue weighted by Crippen LogP contribution is -2.21. The number of carbonyl (C=O) groups is 1. The van der Waals surface area contributed by atoms with Crippen molar-refractivity contribution in [3.8, 4) is 0 Å². The topological polar surface area (TPSA) is 26.3 Å². The van der Waals surface area contributed by atoms with E-state index >= 15 is 0 Å². The van der Waals surface area contributed by atoms with Crippen LogP contribution in [0.25, 0.3) is 0 Å². The molecule has 1 atom stereocenters. The molecule has 0 saturated carbocycles. The standard InChI is InChI=1S/C9H16O2S/c1-2-12-6-5-8-3-4-9(10)11-7-8/h8H,2-7H2,1H3. The summed E-state index contributed by atoms with van der Waals surface area (Å²) in [5.41, 5.74) is 0. The van der Waals surface area contributed by atoms with Crippen LogP contribution >= 0.6 is 11.8 Å². The molecule has 12 heavy (non-hydrogen) atoms. The van der Waals surface area contributed by atoms with Crippen LogP contribution in [0.4, 0.5) is 0 Å². The first kappa shape index (κ1) is 9.90. The highest BCUT2D eigenvalue weighted by atomic mass is 32.2. The zero-order chi connectivity index (χ0) is 8.81. The molecule has 3 heteroatoms. The van der Waals surface area contributed by atoms with Gasteiger partial charge in [0.15, 0.2) is 0 Å². The molecular weight excluding hydrogens is 172 g/mol. The Morgan fingerprint density at radius 3 is 3.08 bits per heavy atom. The molecule has 0 aromatic carbocycles. The van der Waals surface area contributed by atoms with Crippen LogP contribution in [0, 0.1) is 5.92 Å². The molecule has 1 rings (SSSR count). The van der Waals surface area contributed by atoms with Crippen molar-refractivity contribution in [3.05, 3.63) is 0 Å². The summed E-state index contributed by atoms with van der Waals surface area (Å²) >= 11 is 1.96. The number of rotatable bonds is 4. The number of hydrogen-bond donors (Lipinski definition) is 0. The van der Waals surface area contributed by atoms with E-state index in [1.165, 1.54) is 17.9 Å². The molecule has 1 fully saturated rings. The highest BCUT2D eigenvalue weighted by molar-refractivity contribution is 7.99. The maximum Gasteiger partial charge on any atom is 0.305 e. The van der Waals surface area contributed by atoms with Crippen LogP contribution < -0.4 is 0 Å². The molecule has 0 aromatic heterocycles. The average molecular weight is 188 g/mol. The molecule has 0 amide bonds. The third-order valence-electron chi connectivity index (χ3n) is 2.11. The quantitative estimate of drug-likeness (QED) is 0.499. The van der Waals surface area contributed by atoms with Crippen LogP contribution in [0.1, 0.15) is 26.2 Å². The van der Waals surface area contributed by atoms with Crippen LogP contribution in [0.3, 0.4) is 0 Å². The molecule has 0 bridgehead atoms. The van der Waals surface area contributed by atoms with E-state index in [1.54, 1.807) is 0 Å². The molecular formula is C9H16O2S. The van der Waals surface area contributed by atoms with Crippen molar-refractivity contribution in [1.29, 1.82) is 0 Å². The Morgan fingerprint density at radius 2 is 2.50 bits per heavy atom. The summed E-state index contributed by atoms with van der Waals surface area (Å²) in [7, 11) is 0. The lowest BCUT2D eigenvalue weighted by molar-refractivity contribution is -0.149. The Morgan fingerprint density at radius 1 is 1.67 bits per heavy atom. The summed E-state index contributed by atoms with van der Waals surface area (Å²) in [6.07, 6.45) is 2.86. The molecule has 0 aliphatic carbocycles. The van der Waals surface area contributed by atoms with Gasteiger partial charge in [-0.1, -0.05) is 6.92 Å². The third kappa shape index (κ3) is 3.48. The van der Waals surface area contributed by atoms with Crippen molar-refractivity contribution in [2.24, 2.45) is 5.92 Å². The molecule has 0 aromatic rings. The van der Waals surface area contributed by atoms with Crippen LogP contribution in [-0.2, 0) is 9.53 Å². The summed E-state index contributed by atoms with van der Waals surface area (Å²) in [6, 6.07) is 0. The van der Waals surface area contributed by atoms with Gasteiger partial charge in [-0.3, -0.25) is 4.79 Å². The summed E-state index contributed by atoms with van der Waals surface area (Å²) in [5, 5.41) is 0. The summed E-state index contributed by atoms with van der Waals surface area (Å²) in [6.45, 7) is 2.83. The Hall–Kier alpha value is -0.180. The van der Waals surface area contributed by atoms with E-state index in [4.69, 9.17) is 4.74 Å². The summed E-state index contributed by atoms with van der Waals surface area (Å²) in [5.74, 6) is 3.00. The van der Waals surface area contributed by atoms with Gasteiger partial charge in [-0.15, -0.1) is 0 Å². The Bertz CT molecular complexity index is 137. The lowest BCUT2D eigenvalue weighted by Gasteiger charge is -2.20. The van der Waals surface area contributed by atoms with E-state index < -0.39 is 0 Å². The Balaban J connectivity index is 2.05. The smallest absolute Gasteiger partial charge is 0.305 e. The van der Waals surface area contributed by atoms with Crippen LogP contribution in [-0.4, -0.2) is 24.1 Å². The number of hydrogen-bond acceptors (Lipinski definition) is 3. The van der Waals surface area contributed by atoms with Gasteiger partial charge in [-0.2, -0.15) is 11.8 Å². The van der Waals surface area contributed by atoms with Gasteiger partial charge in [0.2, 0.25) is 0 Å². The second kappa shape index (κ2) is 5.46. The predicted octanol–water partition coefficient (Wildman–Crippen LogP) is 2.08. The van der Waals surface area contributed by atoms with Crippen molar-refractivity contribution in [2.45, 2.75) is 26.2 Å². The van der Waals surface area contributed by atoms with Gasteiger partial charge in [0, 0.05) is 6.42 Å². The average Bonchev–Trinajstić information content (AvgIpc) is 2.09. The number of esters is 1. The number of cyclic esters (lactones) is 1. The normalized spacial score (nSPS) is 23.8. The van der Waals surface area contributed by atoms with Gasteiger partial charge in [0.1, 0.15) is 0 Å². The molecule has 70 valence electrons. The van der Waals surface area contributed by atoms with Crippen molar-refractivity contribution in [1.82, 2.24) is 0 Å². The van der Waals surface area contributed by atoms with E-state index in [0.29, 0.717) is 18.9 Å². The van der Waals surface area contributed by atoms with Gasteiger partial charge < -0.3 is 4.74 Å².